The summed E-state index contributed by atoms with van der Waals surface area (Å²) in [4.78, 5) is 21.0. The third-order valence-electron chi connectivity index (χ3n) is 5.25. The van der Waals surface area contributed by atoms with Crippen molar-refractivity contribution >= 4 is 22.4 Å². The molecule has 2 aromatic heterocycles. The Labute approximate surface area is 150 Å². The molecule has 3 fully saturated rings. The van der Waals surface area contributed by atoms with E-state index < -0.39 is 0 Å². The number of oxazole rings is 1. The maximum Gasteiger partial charge on any atom is 0.275 e. The van der Waals surface area contributed by atoms with Gasteiger partial charge in [-0.1, -0.05) is 18.3 Å². The van der Waals surface area contributed by atoms with Gasteiger partial charge in [0.1, 0.15) is 11.3 Å². The van der Waals surface area contributed by atoms with Crippen LogP contribution in [-0.4, -0.2) is 52.2 Å². The minimum absolute atomic E-state index is 0.000808. The molecule has 0 unspecified atom stereocenters. The minimum atomic E-state index is 0.000808. The molecule has 25 heavy (non-hydrogen) atoms. The highest BCUT2D eigenvalue weighted by molar-refractivity contribution is 7.15. The Morgan fingerprint density at radius 2 is 2.12 bits per heavy atom. The molecule has 4 heterocycles. The first-order valence-corrected chi connectivity index (χ1v) is 9.79. The molecule has 1 aliphatic carbocycles. The van der Waals surface area contributed by atoms with Crippen molar-refractivity contribution in [3.05, 3.63) is 22.9 Å². The Hall–Kier alpha value is -1.96. The van der Waals surface area contributed by atoms with Gasteiger partial charge in [-0.3, -0.25) is 4.79 Å². The zero-order chi connectivity index (χ0) is 17.0. The number of hydrogen-bond acceptors (Lipinski definition) is 7. The van der Waals surface area contributed by atoms with Gasteiger partial charge in [0, 0.05) is 43.9 Å². The molecule has 1 amide bonds. The highest BCUT2D eigenvalue weighted by Gasteiger charge is 2.54. The normalized spacial score (nSPS) is 21.3. The van der Waals surface area contributed by atoms with E-state index in [9.17, 15) is 4.79 Å². The van der Waals surface area contributed by atoms with Crippen molar-refractivity contribution in [2.24, 2.45) is 5.41 Å². The SMILES string of the molecule is CCCc1nnc(N2CC3(CN(C(=O)c4coc(C5CC5)n4)C3)C2)s1. The number of carbonyl (C=O) groups excluding carboxylic acids is 1. The van der Waals surface area contributed by atoms with Crippen LogP contribution in [0.3, 0.4) is 0 Å². The molecular formula is C17H21N5O2S. The first kappa shape index (κ1) is 15.3. The van der Waals surface area contributed by atoms with Crippen molar-refractivity contribution in [1.82, 2.24) is 20.1 Å². The second-order valence-corrected chi connectivity index (χ2v) is 8.63. The Morgan fingerprint density at radius 3 is 2.84 bits per heavy atom. The predicted octanol–water partition coefficient (Wildman–Crippen LogP) is 2.32. The van der Waals surface area contributed by atoms with E-state index in [0.29, 0.717) is 11.6 Å². The van der Waals surface area contributed by atoms with Crippen LogP contribution in [0.25, 0.3) is 0 Å². The monoisotopic (exact) mass is 359 g/mol. The Bertz CT molecular complexity index is 798. The van der Waals surface area contributed by atoms with Crippen LogP contribution in [0.5, 0.6) is 0 Å². The van der Waals surface area contributed by atoms with E-state index in [0.717, 1.165) is 67.9 Å². The zero-order valence-electron chi connectivity index (χ0n) is 14.3. The first-order chi connectivity index (χ1) is 12.2. The second-order valence-electron chi connectivity index (χ2n) is 7.59. The van der Waals surface area contributed by atoms with Gasteiger partial charge in [-0.25, -0.2) is 4.98 Å². The van der Waals surface area contributed by atoms with E-state index in [1.54, 1.807) is 11.3 Å². The average Bonchev–Trinajstić information content (AvgIpc) is 3.07. The van der Waals surface area contributed by atoms with Crippen LogP contribution in [0.2, 0.25) is 0 Å². The molecule has 0 atom stereocenters. The van der Waals surface area contributed by atoms with Crippen molar-refractivity contribution in [2.75, 3.05) is 31.1 Å². The molecule has 0 N–H and O–H groups in total. The van der Waals surface area contributed by atoms with Crippen LogP contribution in [0.4, 0.5) is 5.13 Å². The minimum Gasteiger partial charge on any atom is -0.448 e. The number of likely N-dealkylation sites (tertiary alicyclic amines) is 1. The lowest BCUT2D eigenvalue weighted by Gasteiger charge is -2.59. The molecule has 2 aliphatic heterocycles. The largest absolute Gasteiger partial charge is 0.448 e. The topological polar surface area (TPSA) is 75.4 Å². The third kappa shape index (κ3) is 2.63. The van der Waals surface area contributed by atoms with Gasteiger partial charge in [0.2, 0.25) is 5.13 Å². The van der Waals surface area contributed by atoms with Crippen molar-refractivity contribution in [2.45, 2.75) is 38.5 Å². The fraction of sp³-hybridized carbons (Fsp3) is 0.647. The zero-order valence-corrected chi connectivity index (χ0v) is 15.1. The molecule has 0 bridgehead atoms. The van der Waals surface area contributed by atoms with Gasteiger partial charge in [-0.15, -0.1) is 10.2 Å². The highest BCUT2D eigenvalue weighted by atomic mass is 32.1. The maximum atomic E-state index is 12.5. The average molecular weight is 359 g/mol. The third-order valence-corrected chi connectivity index (χ3v) is 6.29. The maximum absolute atomic E-state index is 12.5. The van der Waals surface area contributed by atoms with Crippen molar-refractivity contribution < 1.29 is 9.21 Å². The van der Waals surface area contributed by atoms with Crippen LogP contribution in [0.1, 0.15) is 53.5 Å². The van der Waals surface area contributed by atoms with Gasteiger partial charge in [-0.05, 0) is 19.3 Å². The van der Waals surface area contributed by atoms with Crippen LogP contribution in [0, 0.1) is 5.41 Å². The summed E-state index contributed by atoms with van der Waals surface area (Å²) in [6.45, 7) is 5.68. The van der Waals surface area contributed by atoms with E-state index in [4.69, 9.17) is 4.42 Å². The van der Waals surface area contributed by atoms with E-state index in [1.165, 1.54) is 6.26 Å². The number of amides is 1. The fourth-order valence-electron chi connectivity index (χ4n) is 3.76. The summed E-state index contributed by atoms with van der Waals surface area (Å²) >= 11 is 1.69. The van der Waals surface area contributed by atoms with E-state index >= 15 is 0 Å². The summed E-state index contributed by atoms with van der Waals surface area (Å²) in [5.74, 6) is 1.17. The second kappa shape index (κ2) is 5.52. The van der Waals surface area contributed by atoms with Gasteiger partial charge in [0.05, 0.1) is 0 Å². The predicted molar refractivity (Wildman–Crippen MR) is 92.9 cm³/mol. The quantitative estimate of drug-likeness (QED) is 0.815. The number of nitrogens with zero attached hydrogens (tertiary/aromatic N) is 5. The lowest BCUT2D eigenvalue weighted by atomic mass is 9.73. The first-order valence-electron chi connectivity index (χ1n) is 8.98. The Balaban J connectivity index is 1.16. The molecular weight excluding hydrogens is 338 g/mol. The molecule has 2 aromatic rings. The van der Waals surface area contributed by atoms with E-state index in [2.05, 4.69) is 27.0 Å². The van der Waals surface area contributed by atoms with Crippen LogP contribution in [-0.2, 0) is 6.42 Å². The molecule has 132 valence electrons. The summed E-state index contributed by atoms with van der Waals surface area (Å²) < 4.78 is 5.44. The Morgan fingerprint density at radius 1 is 1.32 bits per heavy atom. The molecule has 8 heteroatoms. The molecule has 3 aliphatic rings. The standard InChI is InChI=1S/C17H21N5O2S/c1-2-3-13-19-20-16(25-13)22-9-17(10-22)7-21(8-17)15(23)12-6-24-14(18-12)11-4-5-11/h6,11H,2-5,7-10H2,1H3. The molecule has 5 rings (SSSR count). The number of aryl methyl sites for hydroxylation is 1. The van der Waals surface area contributed by atoms with E-state index in [-0.39, 0.29) is 11.3 Å². The lowest BCUT2D eigenvalue weighted by Crippen LogP contribution is -2.73. The van der Waals surface area contributed by atoms with Crippen molar-refractivity contribution in [3.63, 3.8) is 0 Å². The summed E-state index contributed by atoms with van der Waals surface area (Å²) in [5.41, 5.74) is 0.691. The Kier molecular flexibility index (Phi) is 3.38. The molecule has 7 nitrogen and oxygen atoms in total. The molecule has 1 saturated carbocycles. The van der Waals surface area contributed by atoms with Gasteiger partial charge in [-0.2, -0.15) is 0 Å². The van der Waals surface area contributed by atoms with Gasteiger partial charge >= 0.3 is 0 Å². The number of hydrogen-bond donors (Lipinski definition) is 0. The number of aromatic nitrogens is 3. The summed E-state index contributed by atoms with van der Waals surface area (Å²) in [6.07, 6.45) is 5.87. The molecule has 0 radical (unpaired) electrons. The summed E-state index contributed by atoms with van der Waals surface area (Å²) in [7, 11) is 0. The number of anilines is 1. The van der Waals surface area contributed by atoms with E-state index in [1.807, 2.05) is 4.90 Å². The lowest BCUT2D eigenvalue weighted by molar-refractivity contribution is -0.0109. The smallest absolute Gasteiger partial charge is 0.275 e. The van der Waals surface area contributed by atoms with Gasteiger partial charge in [0.15, 0.2) is 11.6 Å². The van der Waals surface area contributed by atoms with Crippen LogP contribution < -0.4 is 4.90 Å². The number of carbonyl (C=O) groups is 1. The molecule has 2 saturated heterocycles. The fourth-order valence-corrected chi connectivity index (χ4v) is 4.70. The number of rotatable bonds is 5. The molecule has 0 aromatic carbocycles. The van der Waals surface area contributed by atoms with Gasteiger partial charge < -0.3 is 14.2 Å². The van der Waals surface area contributed by atoms with Crippen molar-refractivity contribution in [1.29, 1.82) is 0 Å². The van der Waals surface area contributed by atoms with Crippen LogP contribution >= 0.6 is 11.3 Å². The summed E-state index contributed by atoms with van der Waals surface area (Å²) in [6, 6.07) is 0. The molecule has 1 spiro atoms. The van der Waals surface area contributed by atoms with Crippen LogP contribution in [0.15, 0.2) is 10.7 Å². The van der Waals surface area contributed by atoms with Crippen molar-refractivity contribution in [3.8, 4) is 0 Å². The van der Waals surface area contributed by atoms with Gasteiger partial charge in [0.25, 0.3) is 5.91 Å². The highest BCUT2D eigenvalue weighted by Crippen LogP contribution is 2.43. The summed E-state index contributed by atoms with van der Waals surface area (Å²) in [5, 5.41) is 10.7.